The lowest BCUT2D eigenvalue weighted by atomic mass is 10.2. The summed E-state index contributed by atoms with van der Waals surface area (Å²) in [5, 5.41) is 2.66. The lowest BCUT2D eigenvalue weighted by molar-refractivity contribution is -0.129. The van der Waals surface area contributed by atoms with Crippen LogP contribution in [0.5, 0.6) is 0 Å². The molecule has 0 saturated heterocycles. The first kappa shape index (κ1) is 17.0. The lowest BCUT2D eigenvalue weighted by Crippen LogP contribution is -2.39. The van der Waals surface area contributed by atoms with E-state index in [0.717, 1.165) is 5.56 Å². The van der Waals surface area contributed by atoms with Crippen molar-refractivity contribution in [3.05, 3.63) is 35.9 Å². The van der Waals surface area contributed by atoms with Gasteiger partial charge in [-0.2, -0.15) is 0 Å². The van der Waals surface area contributed by atoms with Gasteiger partial charge in [-0.3, -0.25) is 4.79 Å². The molecular formula is C16H24N2O3. The average molecular weight is 292 g/mol. The highest BCUT2D eigenvalue weighted by atomic mass is 16.6. The molecule has 0 unspecified atom stereocenters. The number of carbonyl (C=O) groups is 2. The van der Waals surface area contributed by atoms with Crippen molar-refractivity contribution in [2.75, 3.05) is 13.1 Å². The van der Waals surface area contributed by atoms with Gasteiger partial charge in [-0.15, -0.1) is 0 Å². The zero-order valence-corrected chi connectivity index (χ0v) is 13.2. The van der Waals surface area contributed by atoms with Gasteiger partial charge >= 0.3 is 6.09 Å². The van der Waals surface area contributed by atoms with Crippen molar-refractivity contribution in [1.29, 1.82) is 0 Å². The average Bonchev–Trinajstić information content (AvgIpc) is 2.36. The summed E-state index contributed by atoms with van der Waals surface area (Å²) >= 11 is 0. The Kier molecular flexibility index (Phi) is 6.21. The maximum Gasteiger partial charge on any atom is 0.407 e. The highest BCUT2D eigenvalue weighted by Gasteiger charge is 2.16. The Hall–Kier alpha value is -2.04. The molecular weight excluding hydrogens is 268 g/mol. The fourth-order valence-corrected chi connectivity index (χ4v) is 1.76. The molecule has 0 spiro atoms. The zero-order valence-electron chi connectivity index (χ0n) is 13.2. The maximum atomic E-state index is 11.6. The van der Waals surface area contributed by atoms with Crippen molar-refractivity contribution >= 4 is 12.0 Å². The second-order valence-electron chi connectivity index (χ2n) is 5.85. The Morgan fingerprint density at radius 1 is 1.19 bits per heavy atom. The molecule has 0 radical (unpaired) electrons. The topological polar surface area (TPSA) is 58.6 Å². The maximum absolute atomic E-state index is 11.6. The van der Waals surface area contributed by atoms with E-state index in [4.69, 9.17) is 4.74 Å². The third kappa shape index (κ3) is 7.34. The van der Waals surface area contributed by atoms with Gasteiger partial charge in [-0.25, -0.2) is 4.79 Å². The number of carbonyl (C=O) groups excluding carboxylic acids is 2. The molecule has 1 N–H and O–H groups in total. The van der Waals surface area contributed by atoms with E-state index < -0.39 is 11.7 Å². The molecule has 0 fully saturated rings. The number of nitrogens with zero attached hydrogens (tertiary/aromatic N) is 1. The number of rotatable bonds is 5. The van der Waals surface area contributed by atoms with Crippen LogP contribution in [0.4, 0.5) is 4.79 Å². The molecule has 0 aliphatic rings. The summed E-state index contributed by atoms with van der Waals surface area (Å²) < 4.78 is 5.14. The predicted molar refractivity (Wildman–Crippen MR) is 81.8 cm³/mol. The van der Waals surface area contributed by atoms with Gasteiger partial charge in [0, 0.05) is 26.6 Å². The van der Waals surface area contributed by atoms with E-state index in [0.29, 0.717) is 19.6 Å². The number of amides is 2. The molecule has 0 atom stereocenters. The summed E-state index contributed by atoms with van der Waals surface area (Å²) in [7, 11) is 0. The highest BCUT2D eigenvalue weighted by Crippen LogP contribution is 2.07. The van der Waals surface area contributed by atoms with Crippen LogP contribution < -0.4 is 5.32 Å². The van der Waals surface area contributed by atoms with Crippen LogP contribution in [0.25, 0.3) is 0 Å². The van der Waals surface area contributed by atoms with Crippen molar-refractivity contribution < 1.29 is 14.3 Å². The molecule has 21 heavy (non-hydrogen) atoms. The summed E-state index contributed by atoms with van der Waals surface area (Å²) in [5.41, 5.74) is 0.541. The van der Waals surface area contributed by atoms with Crippen LogP contribution in [0.15, 0.2) is 30.3 Å². The molecule has 2 amide bonds. The van der Waals surface area contributed by atoms with Gasteiger partial charge in [-0.05, 0) is 26.3 Å². The Morgan fingerprint density at radius 3 is 2.33 bits per heavy atom. The SMILES string of the molecule is CC(=O)N(CCNC(=O)OC(C)(C)C)Cc1ccccc1. The molecule has 1 aromatic carbocycles. The molecule has 0 bridgehead atoms. The van der Waals surface area contributed by atoms with Gasteiger partial charge in [0.05, 0.1) is 0 Å². The van der Waals surface area contributed by atoms with Gasteiger partial charge in [0.1, 0.15) is 5.60 Å². The smallest absolute Gasteiger partial charge is 0.407 e. The van der Waals surface area contributed by atoms with Crippen LogP contribution in [-0.2, 0) is 16.1 Å². The molecule has 0 aliphatic heterocycles. The van der Waals surface area contributed by atoms with E-state index in [1.54, 1.807) is 4.90 Å². The minimum atomic E-state index is -0.519. The number of nitrogens with one attached hydrogen (secondary N) is 1. The largest absolute Gasteiger partial charge is 0.444 e. The summed E-state index contributed by atoms with van der Waals surface area (Å²) in [5.74, 6) is -0.0233. The number of hydrogen-bond donors (Lipinski definition) is 1. The number of benzene rings is 1. The second kappa shape index (κ2) is 7.67. The molecule has 5 heteroatoms. The van der Waals surface area contributed by atoms with Crippen molar-refractivity contribution in [3.8, 4) is 0 Å². The first-order chi connectivity index (χ1) is 9.78. The van der Waals surface area contributed by atoms with Crippen LogP contribution in [0.2, 0.25) is 0 Å². The van der Waals surface area contributed by atoms with Crippen molar-refractivity contribution in [2.24, 2.45) is 0 Å². The molecule has 0 aliphatic carbocycles. The highest BCUT2D eigenvalue weighted by molar-refractivity contribution is 5.73. The van der Waals surface area contributed by atoms with Crippen LogP contribution in [0.3, 0.4) is 0 Å². The normalized spacial score (nSPS) is 10.9. The van der Waals surface area contributed by atoms with Crippen molar-refractivity contribution in [1.82, 2.24) is 10.2 Å². The summed E-state index contributed by atoms with van der Waals surface area (Å²) in [6, 6.07) is 9.75. The van der Waals surface area contributed by atoms with Crippen LogP contribution >= 0.6 is 0 Å². The van der Waals surface area contributed by atoms with E-state index >= 15 is 0 Å². The Balaban J connectivity index is 2.42. The first-order valence-corrected chi connectivity index (χ1v) is 7.04. The van der Waals surface area contributed by atoms with Gasteiger partial charge in [0.25, 0.3) is 0 Å². The van der Waals surface area contributed by atoms with E-state index in [2.05, 4.69) is 5.32 Å². The fraction of sp³-hybridized carbons (Fsp3) is 0.500. The monoisotopic (exact) mass is 292 g/mol. The van der Waals surface area contributed by atoms with Gasteiger partial charge < -0.3 is 15.0 Å². The number of alkyl carbamates (subject to hydrolysis) is 1. The Morgan fingerprint density at radius 2 is 1.81 bits per heavy atom. The third-order valence-corrected chi connectivity index (χ3v) is 2.71. The first-order valence-electron chi connectivity index (χ1n) is 7.04. The molecule has 0 saturated carbocycles. The van der Waals surface area contributed by atoms with Gasteiger partial charge in [0.15, 0.2) is 0 Å². The second-order valence-corrected chi connectivity index (χ2v) is 5.85. The Labute approximate surface area is 126 Å². The zero-order chi connectivity index (χ0) is 15.9. The third-order valence-electron chi connectivity index (χ3n) is 2.71. The van der Waals surface area contributed by atoms with Crippen LogP contribution in [0.1, 0.15) is 33.3 Å². The minimum absolute atomic E-state index is 0.0233. The summed E-state index contributed by atoms with van der Waals surface area (Å²) in [6.45, 7) is 8.30. The van der Waals surface area contributed by atoms with Crippen molar-refractivity contribution in [3.63, 3.8) is 0 Å². The van der Waals surface area contributed by atoms with E-state index in [-0.39, 0.29) is 5.91 Å². The standard InChI is InChI=1S/C16H24N2O3/c1-13(19)18(12-14-8-6-5-7-9-14)11-10-17-15(20)21-16(2,3)4/h5-9H,10-12H2,1-4H3,(H,17,20). The number of ether oxygens (including phenoxy) is 1. The fourth-order valence-electron chi connectivity index (χ4n) is 1.76. The van der Waals surface area contributed by atoms with Crippen LogP contribution in [0, 0.1) is 0 Å². The molecule has 0 heterocycles. The van der Waals surface area contributed by atoms with Crippen LogP contribution in [-0.4, -0.2) is 35.6 Å². The Bertz CT molecular complexity index is 466. The molecule has 0 aromatic heterocycles. The summed E-state index contributed by atoms with van der Waals surface area (Å²) in [6.07, 6.45) is -0.467. The molecule has 5 nitrogen and oxygen atoms in total. The molecule has 1 rings (SSSR count). The quantitative estimate of drug-likeness (QED) is 0.907. The minimum Gasteiger partial charge on any atom is -0.444 e. The van der Waals surface area contributed by atoms with Gasteiger partial charge in [0.2, 0.25) is 5.91 Å². The summed E-state index contributed by atoms with van der Waals surface area (Å²) in [4.78, 5) is 24.9. The molecule has 1 aromatic rings. The number of hydrogen-bond acceptors (Lipinski definition) is 3. The van der Waals surface area contributed by atoms with E-state index in [9.17, 15) is 9.59 Å². The molecule has 116 valence electrons. The predicted octanol–water partition coefficient (Wildman–Crippen LogP) is 2.56. The lowest BCUT2D eigenvalue weighted by Gasteiger charge is -2.23. The van der Waals surface area contributed by atoms with Crippen molar-refractivity contribution in [2.45, 2.75) is 39.8 Å². The van der Waals surface area contributed by atoms with E-state index in [1.165, 1.54) is 6.92 Å². The van der Waals surface area contributed by atoms with Gasteiger partial charge in [-0.1, -0.05) is 30.3 Å². The van der Waals surface area contributed by atoms with E-state index in [1.807, 2.05) is 51.1 Å².